The monoisotopic (exact) mass is 250 g/mol. The van der Waals surface area contributed by atoms with Gasteiger partial charge < -0.3 is 15.4 Å². The Morgan fingerprint density at radius 1 is 1.33 bits per heavy atom. The highest BCUT2D eigenvalue weighted by Crippen LogP contribution is 2.17. The Kier molecular flexibility index (Phi) is 6.22. The maximum Gasteiger partial charge on any atom is 0.217 e. The highest BCUT2D eigenvalue weighted by Gasteiger charge is 2.04. The van der Waals surface area contributed by atoms with Crippen LogP contribution in [-0.4, -0.2) is 38.1 Å². The minimum Gasteiger partial charge on any atom is -0.496 e. The van der Waals surface area contributed by atoms with E-state index in [0.717, 1.165) is 31.7 Å². The number of carbonyl (C=O) groups is 1. The summed E-state index contributed by atoms with van der Waals surface area (Å²) in [4.78, 5) is 12.8. The molecule has 0 unspecified atom stereocenters. The highest BCUT2D eigenvalue weighted by molar-refractivity contribution is 5.73. The molecule has 100 valence electrons. The quantitative estimate of drug-likeness (QED) is 0.759. The van der Waals surface area contributed by atoms with Gasteiger partial charge >= 0.3 is 0 Å². The van der Waals surface area contributed by atoms with E-state index in [1.54, 1.807) is 7.11 Å². The largest absolute Gasteiger partial charge is 0.496 e. The Balaban J connectivity index is 2.33. The van der Waals surface area contributed by atoms with E-state index in [1.807, 2.05) is 18.2 Å². The second-order valence-electron chi connectivity index (χ2n) is 4.43. The second kappa shape index (κ2) is 7.71. The van der Waals surface area contributed by atoms with E-state index in [2.05, 4.69) is 18.0 Å². The van der Waals surface area contributed by atoms with Gasteiger partial charge in [0, 0.05) is 13.0 Å². The van der Waals surface area contributed by atoms with Gasteiger partial charge in [-0.2, -0.15) is 0 Å². The molecule has 0 spiro atoms. The topological polar surface area (TPSA) is 55.6 Å². The van der Waals surface area contributed by atoms with Gasteiger partial charge in [-0.25, -0.2) is 0 Å². The summed E-state index contributed by atoms with van der Waals surface area (Å²) in [6.07, 6.45) is 2.22. The number of hydrogen-bond acceptors (Lipinski definition) is 3. The van der Waals surface area contributed by atoms with Gasteiger partial charge in [-0.1, -0.05) is 18.2 Å². The molecule has 4 heteroatoms. The van der Waals surface area contributed by atoms with Crippen LogP contribution in [0, 0.1) is 0 Å². The summed E-state index contributed by atoms with van der Waals surface area (Å²) in [7, 11) is 3.74. The van der Waals surface area contributed by atoms with Gasteiger partial charge in [-0.3, -0.25) is 4.79 Å². The summed E-state index contributed by atoms with van der Waals surface area (Å²) in [5, 5.41) is 0. The van der Waals surface area contributed by atoms with Crippen molar-refractivity contribution in [3.05, 3.63) is 29.8 Å². The van der Waals surface area contributed by atoms with Crippen LogP contribution in [0.3, 0.4) is 0 Å². The zero-order chi connectivity index (χ0) is 13.4. The normalized spacial score (nSPS) is 10.6. The number of carbonyl (C=O) groups excluding carboxylic acids is 1. The lowest BCUT2D eigenvalue weighted by atomic mass is 10.1. The lowest BCUT2D eigenvalue weighted by molar-refractivity contribution is -0.118. The van der Waals surface area contributed by atoms with Crippen LogP contribution in [0.4, 0.5) is 0 Å². The molecule has 18 heavy (non-hydrogen) atoms. The van der Waals surface area contributed by atoms with Gasteiger partial charge in [0.2, 0.25) is 5.91 Å². The molecule has 0 aliphatic heterocycles. The number of nitrogens with zero attached hydrogens (tertiary/aromatic N) is 1. The SMILES string of the molecule is COc1ccccc1CCN(C)CCCC(N)=O. The summed E-state index contributed by atoms with van der Waals surface area (Å²) in [6.45, 7) is 1.83. The van der Waals surface area contributed by atoms with Crippen LogP contribution in [0.5, 0.6) is 5.75 Å². The lowest BCUT2D eigenvalue weighted by Gasteiger charge is -2.17. The van der Waals surface area contributed by atoms with E-state index in [0.29, 0.717) is 6.42 Å². The molecule has 0 heterocycles. The number of nitrogens with two attached hydrogens (primary N) is 1. The van der Waals surface area contributed by atoms with Crippen molar-refractivity contribution in [3.8, 4) is 5.75 Å². The molecule has 0 saturated carbocycles. The third-order valence-corrected chi connectivity index (χ3v) is 2.92. The molecule has 0 aliphatic rings. The lowest BCUT2D eigenvalue weighted by Crippen LogP contribution is -2.24. The van der Waals surface area contributed by atoms with Crippen LogP contribution in [-0.2, 0) is 11.2 Å². The van der Waals surface area contributed by atoms with Crippen LogP contribution < -0.4 is 10.5 Å². The van der Waals surface area contributed by atoms with Crippen molar-refractivity contribution in [3.63, 3.8) is 0 Å². The predicted molar refractivity (Wildman–Crippen MR) is 72.6 cm³/mol. The molecule has 1 amide bonds. The van der Waals surface area contributed by atoms with Gasteiger partial charge in [0.15, 0.2) is 0 Å². The maximum absolute atomic E-state index is 10.6. The number of amides is 1. The van der Waals surface area contributed by atoms with E-state index >= 15 is 0 Å². The Labute approximate surface area is 109 Å². The summed E-state index contributed by atoms with van der Waals surface area (Å²) in [5.41, 5.74) is 6.32. The molecule has 1 aromatic rings. The molecule has 0 radical (unpaired) electrons. The summed E-state index contributed by atoms with van der Waals surface area (Å²) in [6, 6.07) is 8.04. The van der Waals surface area contributed by atoms with Crippen molar-refractivity contribution in [2.75, 3.05) is 27.2 Å². The van der Waals surface area contributed by atoms with E-state index in [4.69, 9.17) is 10.5 Å². The number of benzene rings is 1. The van der Waals surface area contributed by atoms with E-state index < -0.39 is 0 Å². The summed E-state index contributed by atoms with van der Waals surface area (Å²) >= 11 is 0. The molecule has 0 aliphatic carbocycles. The van der Waals surface area contributed by atoms with Crippen molar-refractivity contribution < 1.29 is 9.53 Å². The summed E-state index contributed by atoms with van der Waals surface area (Å²) < 4.78 is 5.31. The van der Waals surface area contributed by atoms with Gasteiger partial charge in [-0.05, 0) is 38.1 Å². The Bertz CT molecular complexity index is 380. The molecule has 1 rings (SSSR count). The average Bonchev–Trinajstić information content (AvgIpc) is 2.36. The highest BCUT2D eigenvalue weighted by atomic mass is 16.5. The van der Waals surface area contributed by atoms with Gasteiger partial charge in [0.05, 0.1) is 7.11 Å². The molecule has 0 saturated heterocycles. The second-order valence-corrected chi connectivity index (χ2v) is 4.43. The number of ether oxygens (including phenoxy) is 1. The third kappa shape index (κ3) is 5.19. The van der Waals surface area contributed by atoms with Crippen LogP contribution in [0.2, 0.25) is 0 Å². The van der Waals surface area contributed by atoms with Crippen molar-refractivity contribution in [1.29, 1.82) is 0 Å². The van der Waals surface area contributed by atoms with Crippen LogP contribution >= 0.6 is 0 Å². The van der Waals surface area contributed by atoms with E-state index in [9.17, 15) is 4.79 Å². The predicted octanol–water partition coefficient (Wildman–Crippen LogP) is 1.43. The number of primary amides is 1. The Morgan fingerprint density at radius 3 is 2.72 bits per heavy atom. The molecule has 2 N–H and O–H groups in total. The number of para-hydroxylation sites is 1. The third-order valence-electron chi connectivity index (χ3n) is 2.92. The van der Waals surface area contributed by atoms with Crippen molar-refractivity contribution in [1.82, 2.24) is 4.90 Å². The van der Waals surface area contributed by atoms with Gasteiger partial charge in [0.1, 0.15) is 5.75 Å². The fourth-order valence-corrected chi connectivity index (χ4v) is 1.86. The number of methoxy groups -OCH3 is 1. The Morgan fingerprint density at radius 2 is 2.06 bits per heavy atom. The number of rotatable bonds is 8. The smallest absolute Gasteiger partial charge is 0.217 e. The van der Waals surface area contributed by atoms with Crippen molar-refractivity contribution in [2.24, 2.45) is 5.73 Å². The molecule has 0 fully saturated rings. The molecule has 0 aromatic heterocycles. The maximum atomic E-state index is 10.6. The molecular weight excluding hydrogens is 228 g/mol. The zero-order valence-corrected chi connectivity index (χ0v) is 11.2. The number of hydrogen-bond donors (Lipinski definition) is 1. The fourth-order valence-electron chi connectivity index (χ4n) is 1.86. The molecule has 0 atom stereocenters. The van der Waals surface area contributed by atoms with Crippen LogP contribution in [0.25, 0.3) is 0 Å². The molecule has 4 nitrogen and oxygen atoms in total. The summed E-state index contributed by atoms with van der Waals surface area (Å²) in [5.74, 6) is 0.705. The number of likely N-dealkylation sites (N-methyl/N-ethyl adjacent to an activating group) is 1. The van der Waals surface area contributed by atoms with Crippen LogP contribution in [0.1, 0.15) is 18.4 Å². The van der Waals surface area contributed by atoms with Gasteiger partial charge in [-0.15, -0.1) is 0 Å². The van der Waals surface area contributed by atoms with Crippen molar-refractivity contribution >= 4 is 5.91 Å². The molecular formula is C14H22N2O2. The zero-order valence-electron chi connectivity index (χ0n) is 11.2. The van der Waals surface area contributed by atoms with Gasteiger partial charge in [0.25, 0.3) is 0 Å². The standard InChI is InChI=1S/C14H22N2O2/c1-16(10-5-8-14(15)17)11-9-12-6-3-4-7-13(12)18-2/h3-4,6-7H,5,8-11H2,1-2H3,(H2,15,17). The molecule has 0 bridgehead atoms. The first-order valence-electron chi connectivity index (χ1n) is 6.22. The minimum absolute atomic E-state index is 0.229. The first kappa shape index (κ1) is 14.5. The average molecular weight is 250 g/mol. The van der Waals surface area contributed by atoms with Crippen LogP contribution in [0.15, 0.2) is 24.3 Å². The Hall–Kier alpha value is -1.55. The first-order valence-corrected chi connectivity index (χ1v) is 6.22. The van der Waals surface area contributed by atoms with E-state index in [1.165, 1.54) is 5.56 Å². The minimum atomic E-state index is -0.229. The van der Waals surface area contributed by atoms with E-state index in [-0.39, 0.29) is 5.91 Å². The fraction of sp³-hybridized carbons (Fsp3) is 0.500. The van der Waals surface area contributed by atoms with Crippen molar-refractivity contribution in [2.45, 2.75) is 19.3 Å². The first-order chi connectivity index (χ1) is 8.63. The molecule has 1 aromatic carbocycles.